The summed E-state index contributed by atoms with van der Waals surface area (Å²) in [5.41, 5.74) is -0.144. The van der Waals surface area contributed by atoms with Crippen LogP contribution >= 0.6 is 0 Å². The molecular formula is C12H19N3O4S. The van der Waals surface area contributed by atoms with Crippen molar-refractivity contribution in [1.82, 2.24) is 9.78 Å². The molecule has 1 aromatic rings. The molecule has 1 aromatic heterocycles. The highest BCUT2D eigenvalue weighted by Crippen LogP contribution is 2.38. The molecule has 0 aliphatic carbocycles. The Bertz CT molecular complexity index is 572. The first-order valence-electron chi connectivity index (χ1n) is 6.77. The van der Waals surface area contributed by atoms with Gasteiger partial charge in [-0.25, -0.2) is 13.6 Å². The van der Waals surface area contributed by atoms with Crippen LogP contribution < -0.4 is 5.14 Å². The van der Waals surface area contributed by atoms with Gasteiger partial charge in [0.15, 0.2) is 0 Å². The zero-order chi connectivity index (χ0) is 14.2. The first-order chi connectivity index (χ1) is 9.49. The first-order valence-corrected chi connectivity index (χ1v) is 8.32. The van der Waals surface area contributed by atoms with Gasteiger partial charge in [0.1, 0.15) is 4.90 Å². The lowest BCUT2D eigenvalue weighted by atomic mass is 9.84. The SMILES string of the molecule is NS(=O)(=O)c1cnn(C2CCOC3(CCOCC3)C2)c1. The quantitative estimate of drug-likeness (QED) is 0.854. The Labute approximate surface area is 118 Å². The lowest BCUT2D eigenvalue weighted by Gasteiger charge is -2.43. The van der Waals surface area contributed by atoms with E-state index in [0.29, 0.717) is 19.8 Å². The van der Waals surface area contributed by atoms with E-state index in [1.54, 1.807) is 4.68 Å². The van der Waals surface area contributed by atoms with Crippen molar-refractivity contribution in [2.75, 3.05) is 19.8 Å². The van der Waals surface area contributed by atoms with E-state index in [9.17, 15) is 8.42 Å². The molecule has 1 spiro atoms. The van der Waals surface area contributed by atoms with Crippen molar-refractivity contribution in [1.29, 1.82) is 0 Å². The van der Waals surface area contributed by atoms with Gasteiger partial charge in [0.25, 0.3) is 0 Å². The minimum absolute atomic E-state index is 0.0602. The highest BCUT2D eigenvalue weighted by Gasteiger charge is 2.39. The van der Waals surface area contributed by atoms with Crippen LogP contribution in [0.1, 0.15) is 31.7 Å². The summed E-state index contributed by atoms with van der Waals surface area (Å²) in [6.45, 7) is 2.09. The molecule has 2 aliphatic rings. The van der Waals surface area contributed by atoms with Gasteiger partial charge < -0.3 is 9.47 Å². The van der Waals surface area contributed by atoms with Gasteiger partial charge in [0.2, 0.25) is 10.0 Å². The zero-order valence-corrected chi connectivity index (χ0v) is 12.0. The maximum Gasteiger partial charge on any atom is 0.241 e. The predicted molar refractivity (Wildman–Crippen MR) is 70.6 cm³/mol. The van der Waals surface area contributed by atoms with E-state index in [2.05, 4.69) is 5.10 Å². The topological polar surface area (TPSA) is 96.4 Å². The lowest BCUT2D eigenvalue weighted by molar-refractivity contribution is -0.145. The molecule has 2 fully saturated rings. The molecule has 3 rings (SSSR count). The number of rotatable bonds is 2. The van der Waals surface area contributed by atoms with E-state index >= 15 is 0 Å². The van der Waals surface area contributed by atoms with E-state index in [-0.39, 0.29) is 16.5 Å². The maximum absolute atomic E-state index is 11.3. The van der Waals surface area contributed by atoms with Crippen LogP contribution in [-0.2, 0) is 19.5 Å². The number of nitrogens with zero attached hydrogens (tertiary/aromatic N) is 2. The number of ether oxygens (including phenoxy) is 2. The molecule has 0 radical (unpaired) electrons. The Hall–Kier alpha value is -0.960. The van der Waals surface area contributed by atoms with Gasteiger partial charge in [-0.15, -0.1) is 0 Å². The molecule has 20 heavy (non-hydrogen) atoms. The highest BCUT2D eigenvalue weighted by atomic mass is 32.2. The standard InChI is InChI=1S/C12H19N3O4S/c13-20(16,17)11-8-14-15(9-11)10-1-4-19-12(7-10)2-5-18-6-3-12/h8-10H,1-7H2,(H2,13,16,17). The van der Waals surface area contributed by atoms with Crippen LogP contribution in [0.3, 0.4) is 0 Å². The van der Waals surface area contributed by atoms with Gasteiger partial charge >= 0.3 is 0 Å². The number of hydrogen-bond acceptors (Lipinski definition) is 5. The van der Waals surface area contributed by atoms with Crippen LogP contribution in [0, 0.1) is 0 Å². The summed E-state index contributed by atoms with van der Waals surface area (Å²) in [7, 11) is -3.69. The third-order valence-corrected chi connectivity index (χ3v) is 5.02. The normalized spacial score (nSPS) is 26.8. The van der Waals surface area contributed by atoms with Gasteiger partial charge in [-0.3, -0.25) is 4.68 Å². The Kier molecular flexibility index (Phi) is 3.57. The van der Waals surface area contributed by atoms with Crippen molar-refractivity contribution < 1.29 is 17.9 Å². The molecular weight excluding hydrogens is 282 g/mol. The molecule has 0 amide bonds. The van der Waals surface area contributed by atoms with Gasteiger partial charge in [-0.1, -0.05) is 0 Å². The number of sulfonamides is 1. The third kappa shape index (κ3) is 2.73. The number of aromatic nitrogens is 2. The average molecular weight is 301 g/mol. The number of primary sulfonamides is 1. The van der Waals surface area contributed by atoms with Crippen LogP contribution in [0.2, 0.25) is 0 Å². The van der Waals surface area contributed by atoms with Crippen LogP contribution in [0.4, 0.5) is 0 Å². The minimum Gasteiger partial charge on any atom is -0.381 e. The Morgan fingerprint density at radius 3 is 2.75 bits per heavy atom. The van der Waals surface area contributed by atoms with Crippen LogP contribution in [-0.4, -0.2) is 43.6 Å². The summed E-state index contributed by atoms with van der Waals surface area (Å²) in [6, 6.07) is 0.150. The molecule has 2 aliphatic heterocycles. The monoisotopic (exact) mass is 301 g/mol. The van der Waals surface area contributed by atoms with E-state index in [1.807, 2.05) is 0 Å². The van der Waals surface area contributed by atoms with Crippen molar-refractivity contribution in [3.8, 4) is 0 Å². The minimum atomic E-state index is -3.69. The molecule has 0 saturated carbocycles. The molecule has 1 atom stereocenters. The van der Waals surface area contributed by atoms with Gasteiger partial charge in [0.05, 0.1) is 17.8 Å². The number of hydrogen-bond donors (Lipinski definition) is 1. The zero-order valence-electron chi connectivity index (χ0n) is 11.2. The fraction of sp³-hybridized carbons (Fsp3) is 0.750. The Morgan fingerprint density at radius 1 is 1.35 bits per heavy atom. The molecule has 2 saturated heterocycles. The van der Waals surface area contributed by atoms with Gasteiger partial charge in [-0.05, 0) is 25.7 Å². The smallest absolute Gasteiger partial charge is 0.241 e. The fourth-order valence-electron chi connectivity index (χ4n) is 2.99. The second-order valence-corrected chi connectivity index (χ2v) is 7.05. The van der Waals surface area contributed by atoms with Gasteiger partial charge in [0, 0.05) is 26.0 Å². The summed E-state index contributed by atoms with van der Waals surface area (Å²) < 4.78 is 35.7. The van der Waals surface area contributed by atoms with Crippen molar-refractivity contribution in [2.24, 2.45) is 5.14 Å². The molecule has 1 unspecified atom stereocenters. The van der Waals surface area contributed by atoms with E-state index in [0.717, 1.165) is 25.7 Å². The van der Waals surface area contributed by atoms with Crippen molar-refractivity contribution in [3.05, 3.63) is 12.4 Å². The first kappa shape index (κ1) is 14.0. The number of nitrogens with two attached hydrogens (primary N) is 1. The summed E-state index contributed by atoms with van der Waals surface area (Å²) in [6.07, 6.45) is 6.25. The van der Waals surface area contributed by atoms with E-state index in [1.165, 1.54) is 12.4 Å². The van der Waals surface area contributed by atoms with Crippen molar-refractivity contribution >= 4 is 10.0 Å². The predicted octanol–water partition coefficient (Wildman–Crippen LogP) is 0.431. The second kappa shape index (κ2) is 5.10. The molecule has 0 aromatic carbocycles. The summed E-state index contributed by atoms with van der Waals surface area (Å²) in [5.74, 6) is 0. The second-order valence-electron chi connectivity index (χ2n) is 5.49. The van der Waals surface area contributed by atoms with E-state index < -0.39 is 10.0 Å². The molecule has 2 N–H and O–H groups in total. The van der Waals surface area contributed by atoms with Gasteiger partial charge in [-0.2, -0.15) is 5.10 Å². The van der Waals surface area contributed by atoms with Crippen LogP contribution in [0.5, 0.6) is 0 Å². The summed E-state index contributed by atoms with van der Waals surface area (Å²) in [5, 5.41) is 9.27. The highest BCUT2D eigenvalue weighted by molar-refractivity contribution is 7.89. The lowest BCUT2D eigenvalue weighted by Crippen LogP contribution is -2.44. The average Bonchev–Trinajstić information content (AvgIpc) is 2.89. The van der Waals surface area contributed by atoms with Crippen LogP contribution in [0.25, 0.3) is 0 Å². The van der Waals surface area contributed by atoms with Crippen LogP contribution in [0.15, 0.2) is 17.3 Å². The maximum atomic E-state index is 11.3. The van der Waals surface area contributed by atoms with E-state index in [4.69, 9.17) is 14.6 Å². The third-order valence-electron chi connectivity index (χ3n) is 4.15. The Balaban J connectivity index is 1.78. The summed E-state index contributed by atoms with van der Waals surface area (Å²) in [4.78, 5) is 0.0602. The molecule has 3 heterocycles. The fourth-order valence-corrected chi connectivity index (χ4v) is 3.44. The largest absolute Gasteiger partial charge is 0.381 e. The molecule has 8 heteroatoms. The van der Waals surface area contributed by atoms with Crippen molar-refractivity contribution in [2.45, 2.75) is 42.2 Å². The summed E-state index contributed by atoms with van der Waals surface area (Å²) >= 11 is 0. The Morgan fingerprint density at radius 2 is 2.10 bits per heavy atom. The molecule has 0 bridgehead atoms. The molecule has 112 valence electrons. The van der Waals surface area contributed by atoms with Crippen molar-refractivity contribution in [3.63, 3.8) is 0 Å². The molecule has 7 nitrogen and oxygen atoms in total.